The summed E-state index contributed by atoms with van der Waals surface area (Å²) in [5.74, 6) is 0.689. The minimum atomic E-state index is -0.277. The van der Waals surface area contributed by atoms with Crippen LogP contribution in [0.25, 0.3) is 11.1 Å². The number of aromatic nitrogens is 3. The molecule has 1 atom stereocenters. The van der Waals surface area contributed by atoms with Crippen molar-refractivity contribution in [1.82, 2.24) is 20.3 Å². The normalized spacial score (nSPS) is 19.5. The molecule has 7 nitrogen and oxygen atoms in total. The SMILES string of the molecule is Cc1nc(N)nc2c1C(=NOCCC1CCNCC1)CC(c1ccc(F)cc1-c1cccnc1)C2. The molecule has 2 aliphatic rings. The number of rotatable bonds is 6. The van der Waals surface area contributed by atoms with Gasteiger partial charge in [-0.2, -0.15) is 0 Å². The Hall–Kier alpha value is -3.39. The fourth-order valence-electron chi connectivity index (χ4n) is 5.29. The third kappa shape index (κ3) is 5.32. The Kier molecular flexibility index (Phi) is 6.99. The van der Waals surface area contributed by atoms with Crippen molar-refractivity contribution in [1.29, 1.82) is 0 Å². The van der Waals surface area contributed by atoms with Gasteiger partial charge in [0, 0.05) is 29.9 Å². The monoisotopic (exact) mass is 474 g/mol. The highest BCUT2D eigenvalue weighted by Gasteiger charge is 2.30. The van der Waals surface area contributed by atoms with Crippen molar-refractivity contribution < 1.29 is 9.23 Å². The molecule has 1 aromatic carbocycles. The molecule has 1 fully saturated rings. The van der Waals surface area contributed by atoms with Crippen molar-refractivity contribution in [3.05, 3.63) is 71.1 Å². The van der Waals surface area contributed by atoms with Crippen molar-refractivity contribution in [2.45, 2.75) is 44.9 Å². The van der Waals surface area contributed by atoms with E-state index in [1.54, 1.807) is 18.5 Å². The van der Waals surface area contributed by atoms with Crippen LogP contribution >= 0.6 is 0 Å². The van der Waals surface area contributed by atoms with Crippen molar-refractivity contribution in [3.8, 4) is 11.1 Å². The van der Waals surface area contributed by atoms with Crippen molar-refractivity contribution >= 4 is 11.7 Å². The maximum atomic E-state index is 14.3. The Morgan fingerprint density at radius 3 is 2.83 bits per heavy atom. The summed E-state index contributed by atoms with van der Waals surface area (Å²) in [6.07, 6.45) is 8.14. The molecule has 0 spiro atoms. The first kappa shape index (κ1) is 23.4. The zero-order valence-electron chi connectivity index (χ0n) is 20.0. The fourth-order valence-corrected chi connectivity index (χ4v) is 5.29. The average Bonchev–Trinajstić information content (AvgIpc) is 2.87. The fraction of sp³-hybridized carbons (Fsp3) is 0.407. The van der Waals surface area contributed by atoms with Crippen molar-refractivity contribution in [3.63, 3.8) is 0 Å². The maximum absolute atomic E-state index is 14.3. The number of anilines is 1. The summed E-state index contributed by atoms with van der Waals surface area (Å²) < 4.78 is 14.3. The van der Waals surface area contributed by atoms with E-state index in [4.69, 9.17) is 10.6 Å². The summed E-state index contributed by atoms with van der Waals surface area (Å²) in [4.78, 5) is 19.0. The molecule has 0 saturated carbocycles. The maximum Gasteiger partial charge on any atom is 0.220 e. The van der Waals surface area contributed by atoms with Gasteiger partial charge in [0.2, 0.25) is 5.95 Å². The Balaban J connectivity index is 1.45. The van der Waals surface area contributed by atoms with Gasteiger partial charge in [-0.05, 0) is 86.9 Å². The topological polar surface area (TPSA) is 98.3 Å². The molecule has 2 aromatic heterocycles. The lowest BCUT2D eigenvalue weighted by molar-refractivity contribution is 0.122. The number of nitrogens with zero attached hydrogens (tertiary/aromatic N) is 4. The van der Waals surface area contributed by atoms with E-state index >= 15 is 0 Å². The average molecular weight is 475 g/mol. The van der Waals surface area contributed by atoms with Gasteiger partial charge in [0.15, 0.2) is 0 Å². The number of halogens is 1. The lowest BCUT2D eigenvalue weighted by Crippen LogP contribution is -2.28. The molecule has 5 rings (SSSR count). The van der Waals surface area contributed by atoms with Gasteiger partial charge < -0.3 is 15.9 Å². The minimum absolute atomic E-state index is 0.0405. The van der Waals surface area contributed by atoms with Gasteiger partial charge in [0.1, 0.15) is 12.4 Å². The van der Waals surface area contributed by atoms with E-state index in [-0.39, 0.29) is 17.7 Å². The predicted molar refractivity (Wildman–Crippen MR) is 135 cm³/mol. The summed E-state index contributed by atoms with van der Waals surface area (Å²) in [6, 6.07) is 8.76. The number of piperidine rings is 1. The molecule has 3 heterocycles. The Bertz CT molecular complexity index is 1210. The number of aryl methyl sites for hydroxylation is 1. The van der Waals surface area contributed by atoms with E-state index in [1.807, 2.05) is 25.1 Å². The van der Waals surface area contributed by atoms with Crippen LogP contribution in [0.5, 0.6) is 0 Å². The second-order valence-electron chi connectivity index (χ2n) is 9.42. The van der Waals surface area contributed by atoms with Crippen LogP contribution < -0.4 is 11.1 Å². The highest BCUT2D eigenvalue weighted by Crippen LogP contribution is 2.38. The van der Waals surface area contributed by atoms with Crippen LogP contribution in [0.3, 0.4) is 0 Å². The van der Waals surface area contributed by atoms with Gasteiger partial charge in [0.25, 0.3) is 0 Å². The van der Waals surface area contributed by atoms with E-state index in [9.17, 15) is 4.39 Å². The number of oxime groups is 1. The second kappa shape index (κ2) is 10.5. The smallest absolute Gasteiger partial charge is 0.220 e. The first-order valence-corrected chi connectivity index (χ1v) is 12.3. The zero-order valence-corrected chi connectivity index (χ0v) is 20.0. The molecule has 0 amide bonds. The third-order valence-electron chi connectivity index (χ3n) is 7.03. The van der Waals surface area contributed by atoms with Crippen LogP contribution in [-0.2, 0) is 11.3 Å². The lowest BCUT2D eigenvalue weighted by atomic mass is 9.78. The third-order valence-corrected chi connectivity index (χ3v) is 7.03. The largest absolute Gasteiger partial charge is 0.396 e. The number of benzene rings is 1. The number of pyridine rings is 1. The number of nitrogens with one attached hydrogen (secondary N) is 1. The molecular weight excluding hydrogens is 443 g/mol. The standard InChI is InChI=1S/C27H31FN6O/c1-17-26-24(33-27(29)32-17)13-20(14-25(26)34-35-12-8-18-6-10-30-11-7-18)22-5-4-21(28)15-23(22)19-3-2-9-31-16-19/h2-5,9,15-16,18,20,30H,6-8,10-14H2,1H3,(H2,29,32,33). The van der Waals surface area contributed by atoms with Gasteiger partial charge in [-0.15, -0.1) is 0 Å². The molecule has 3 N–H and O–H groups in total. The Morgan fingerprint density at radius 1 is 1.17 bits per heavy atom. The second-order valence-corrected chi connectivity index (χ2v) is 9.42. The van der Waals surface area contributed by atoms with Crippen LogP contribution in [0.4, 0.5) is 10.3 Å². The van der Waals surface area contributed by atoms with E-state index in [2.05, 4.69) is 25.4 Å². The summed E-state index contributed by atoms with van der Waals surface area (Å²) in [5, 5.41) is 7.99. The molecule has 1 unspecified atom stereocenters. The zero-order chi connectivity index (χ0) is 24.2. The number of hydrogen-bond acceptors (Lipinski definition) is 7. The molecular formula is C27H31FN6O. The highest BCUT2D eigenvalue weighted by atomic mass is 19.1. The van der Waals surface area contributed by atoms with Gasteiger partial charge in [-0.25, -0.2) is 14.4 Å². The summed E-state index contributed by atoms with van der Waals surface area (Å²) in [7, 11) is 0. The highest BCUT2D eigenvalue weighted by molar-refractivity contribution is 6.03. The van der Waals surface area contributed by atoms with Crippen molar-refractivity contribution in [2.75, 3.05) is 25.4 Å². The summed E-state index contributed by atoms with van der Waals surface area (Å²) >= 11 is 0. The molecule has 3 aromatic rings. The van der Waals surface area contributed by atoms with E-state index < -0.39 is 0 Å². The molecule has 8 heteroatoms. The Morgan fingerprint density at radius 2 is 2.03 bits per heavy atom. The van der Waals surface area contributed by atoms with Gasteiger partial charge in [0.05, 0.1) is 17.1 Å². The summed E-state index contributed by atoms with van der Waals surface area (Å²) in [6.45, 7) is 4.66. The number of nitrogens with two attached hydrogens (primary N) is 1. The number of fused-ring (bicyclic) bond motifs is 1. The van der Waals surface area contributed by atoms with Crippen LogP contribution in [0, 0.1) is 18.7 Å². The van der Waals surface area contributed by atoms with Gasteiger partial charge >= 0.3 is 0 Å². The van der Waals surface area contributed by atoms with Gasteiger partial charge in [-0.3, -0.25) is 4.98 Å². The van der Waals surface area contributed by atoms with E-state index in [0.717, 1.165) is 58.9 Å². The molecule has 1 aliphatic heterocycles. The van der Waals surface area contributed by atoms with Gasteiger partial charge in [-0.1, -0.05) is 17.3 Å². The molecule has 0 radical (unpaired) electrons. The van der Waals surface area contributed by atoms with Crippen LogP contribution in [-0.4, -0.2) is 40.4 Å². The molecule has 35 heavy (non-hydrogen) atoms. The lowest BCUT2D eigenvalue weighted by Gasteiger charge is -2.28. The van der Waals surface area contributed by atoms with Crippen molar-refractivity contribution in [2.24, 2.45) is 11.1 Å². The molecule has 182 valence electrons. The van der Waals surface area contributed by atoms with Crippen LogP contribution in [0.2, 0.25) is 0 Å². The van der Waals surface area contributed by atoms with E-state index in [0.29, 0.717) is 25.4 Å². The summed E-state index contributed by atoms with van der Waals surface area (Å²) in [5.41, 5.74) is 12.1. The quantitative estimate of drug-likeness (QED) is 0.406. The number of nitrogen functional groups attached to an aromatic ring is 1. The van der Waals surface area contributed by atoms with E-state index in [1.165, 1.54) is 18.9 Å². The number of hydrogen-bond donors (Lipinski definition) is 2. The van der Waals surface area contributed by atoms with Crippen LogP contribution in [0.1, 0.15) is 54.1 Å². The molecule has 0 bridgehead atoms. The first-order chi connectivity index (χ1) is 17.1. The first-order valence-electron chi connectivity index (χ1n) is 12.3. The molecule has 1 saturated heterocycles. The predicted octanol–water partition coefficient (Wildman–Crippen LogP) is 4.41. The molecule has 1 aliphatic carbocycles. The van der Waals surface area contributed by atoms with Crippen LogP contribution in [0.15, 0.2) is 47.9 Å². The Labute approximate surface area is 205 Å². The minimum Gasteiger partial charge on any atom is -0.396 e.